The number of amides is 1. The van der Waals surface area contributed by atoms with Gasteiger partial charge in [-0.2, -0.15) is 0 Å². The molecule has 0 aliphatic heterocycles. The zero-order valence-electron chi connectivity index (χ0n) is 15.4. The molecule has 0 aliphatic carbocycles. The minimum absolute atomic E-state index is 0.00784. The predicted molar refractivity (Wildman–Crippen MR) is 101 cm³/mol. The molecule has 1 aromatic heterocycles. The summed E-state index contributed by atoms with van der Waals surface area (Å²) in [5.74, 6) is 0.0680. The Morgan fingerprint density at radius 2 is 1.81 bits per heavy atom. The van der Waals surface area contributed by atoms with E-state index < -0.39 is 17.9 Å². The summed E-state index contributed by atoms with van der Waals surface area (Å²) in [6.07, 6.45) is 0.00784. The summed E-state index contributed by atoms with van der Waals surface area (Å²) in [5, 5.41) is 3.71. The third kappa shape index (κ3) is 4.28. The number of aryl methyl sites for hydroxylation is 1. The summed E-state index contributed by atoms with van der Waals surface area (Å²) in [6.45, 7) is 1.97. The number of benzene rings is 2. The summed E-state index contributed by atoms with van der Waals surface area (Å²) in [5.41, 5.74) is 2.48. The quantitative estimate of drug-likeness (QED) is 0.671. The molecule has 0 bridgehead atoms. The van der Waals surface area contributed by atoms with E-state index in [1.165, 1.54) is 7.11 Å². The fraction of sp³-hybridized carbons (Fsp3) is 0.238. The molecular formula is C21H21NO5. The smallest absolute Gasteiger partial charge is 0.307 e. The molecule has 1 amide bonds. The summed E-state index contributed by atoms with van der Waals surface area (Å²) in [4.78, 5) is 24.5. The van der Waals surface area contributed by atoms with Gasteiger partial charge in [-0.3, -0.25) is 9.59 Å². The second kappa shape index (κ2) is 7.95. The largest absolute Gasteiger partial charge is 0.497 e. The summed E-state index contributed by atoms with van der Waals surface area (Å²) in [7, 11) is 2.89. The van der Waals surface area contributed by atoms with Crippen molar-refractivity contribution < 1.29 is 23.5 Å². The molecule has 0 spiro atoms. The van der Waals surface area contributed by atoms with Crippen molar-refractivity contribution >= 4 is 22.8 Å². The van der Waals surface area contributed by atoms with Gasteiger partial charge in [-0.1, -0.05) is 23.8 Å². The van der Waals surface area contributed by atoms with Crippen LogP contribution in [0.4, 0.5) is 0 Å². The molecule has 6 heteroatoms. The molecule has 1 atom stereocenters. The Hall–Kier alpha value is -3.28. The first-order valence-corrected chi connectivity index (χ1v) is 8.52. The van der Waals surface area contributed by atoms with Crippen molar-refractivity contribution in [3.05, 3.63) is 65.4 Å². The number of hydrogen-bond donors (Lipinski definition) is 1. The van der Waals surface area contributed by atoms with Crippen LogP contribution in [0.15, 0.2) is 52.9 Å². The summed E-state index contributed by atoms with van der Waals surface area (Å²) < 4.78 is 15.5. The normalized spacial score (nSPS) is 11.8. The van der Waals surface area contributed by atoms with E-state index in [2.05, 4.69) is 5.32 Å². The highest BCUT2D eigenvalue weighted by atomic mass is 16.5. The lowest BCUT2D eigenvalue weighted by molar-refractivity contribution is -0.141. The predicted octanol–water partition coefficient (Wildman–Crippen LogP) is 3.78. The number of esters is 1. The summed E-state index contributed by atoms with van der Waals surface area (Å²) >= 11 is 0. The van der Waals surface area contributed by atoms with Crippen molar-refractivity contribution in [3.63, 3.8) is 0 Å². The first-order valence-electron chi connectivity index (χ1n) is 8.52. The van der Waals surface area contributed by atoms with Crippen LogP contribution in [0.5, 0.6) is 5.75 Å². The molecule has 1 unspecified atom stereocenters. The highest BCUT2D eigenvalue weighted by molar-refractivity contribution is 5.96. The van der Waals surface area contributed by atoms with Crippen molar-refractivity contribution in [2.75, 3.05) is 14.2 Å². The van der Waals surface area contributed by atoms with Gasteiger partial charge in [0.2, 0.25) is 0 Å². The molecule has 27 heavy (non-hydrogen) atoms. The van der Waals surface area contributed by atoms with Crippen LogP contribution in [-0.4, -0.2) is 26.1 Å². The van der Waals surface area contributed by atoms with Crippen molar-refractivity contribution in [3.8, 4) is 5.75 Å². The third-order valence-corrected chi connectivity index (χ3v) is 4.32. The Morgan fingerprint density at radius 1 is 1.07 bits per heavy atom. The van der Waals surface area contributed by atoms with E-state index in [-0.39, 0.29) is 12.2 Å². The van der Waals surface area contributed by atoms with E-state index in [1.807, 2.05) is 25.1 Å². The van der Waals surface area contributed by atoms with E-state index in [4.69, 9.17) is 13.9 Å². The van der Waals surface area contributed by atoms with Gasteiger partial charge in [0.05, 0.1) is 26.7 Å². The van der Waals surface area contributed by atoms with Gasteiger partial charge < -0.3 is 19.2 Å². The SMILES string of the molecule is COC(=O)CC(NC(=O)c1cc2cc(C)ccc2o1)c1ccc(OC)cc1. The fourth-order valence-corrected chi connectivity index (χ4v) is 2.84. The van der Waals surface area contributed by atoms with Crippen LogP contribution in [0.3, 0.4) is 0 Å². The van der Waals surface area contributed by atoms with Gasteiger partial charge in [0.1, 0.15) is 11.3 Å². The molecule has 6 nitrogen and oxygen atoms in total. The molecule has 3 aromatic rings. The molecule has 140 valence electrons. The minimum atomic E-state index is -0.550. The number of carbonyl (C=O) groups excluding carboxylic acids is 2. The lowest BCUT2D eigenvalue weighted by Crippen LogP contribution is -2.30. The zero-order chi connectivity index (χ0) is 19.4. The van der Waals surface area contributed by atoms with Gasteiger partial charge in [-0.15, -0.1) is 0 Å². The molecule has 2 aromatic carbocycles. The average Bonchev–Trinajstić information content (AvgIpc) is 3.10. The van der Waals surface area contributed by atoms with Crippen molar-refractivity contribution in [1.29, 1.82) is 0 Å². The molecule has 1 heterocycles. The van der Waals surface area contributed by atoms with E-state index in [0.717, 1.165) is 16.5 Å². The van der Waals surface area contributed by atoms with Crippen LogP contribution in [0.1, 0.15) is 34.1 Å². The standard InChI is InChI=1S/C21H21NO5/c1-13-4-9-18-15(10-13)11-19(27-18)21(24)22-17(12-20(23)26-3)14-5-7-16(25-2)8-6-14/h4-11,17H,12H2,1-3H3,(H,22,24). The zero-order valence-corrected chi connectivity index (χ0v) is 15.4. The second-order valence-corrected chi connectivity index (χ2v) is 6.23. The molecule has 0 fully saturated rings. The number of nitrogens with one attached hydrogen (secondary N) is 1. The maximum absolute atomic E-state index is 12.7. The van der Waals surface area contributed by atoms with E-state index >= 15 is 0 Å². The van der Waals surface area contributed by atoms with Crippen LogP contribution in [0.25, 0.3) is 11.0 Å². The number of methoxy groups -OCH3 is 2. The number of rotatable bonds is 6. The van der Waals surface area contributed by atoms with Gasteiger partial charge in [0, 0.05) is 5.39 Å². The Bertz CT molecular complexity index is 958. The topological polar surface area (TPSA) is 77.8 Å². The monoisotopic (exact) mass is 367 g/mol. The number of furan rings is 1. The molecule has 0 aliphatic rings. The highest BCUT2D eigenvalue weighted by Gasteiger charge is 2.22. The number of fused-ring (bicyclic) bond motifs is 1. The second-order valence-electron chi connectivity index (χ2n) is 6.23. The van der Waals surface area contributed by atoms with Gasteiger partial charge in [0.25, 0.3) is 5.91 Å². The molecule has 1 N–H and O–H groups in total. The van der Waals surface area contributed by atoms with Gasteiger partial charge in [-0.05, 0) is 42.8 Å². The van der Waals surface area contributed by atoms with Gasteiger partial charge in [0.15, 0.2) is 5.76 Å². The molecule has 0 saturated heterocycles. The Balaban J connectivity index is 1.84. The maximum Gasteiger partial charge on any atom is 0.307 e. The first-order chi connectivity index (χ1) is 13.0. The molecule has 0 radical (unpaired) electrons. The fourth-order valence-electron chi connectivity index (χ4n) is 2.84. The molecular weight excluding hydrogens is 346 g/mol. The lowest BCUT2D eigenvalue weighted by Gasteiger charge is -2.18. The Morgan fingerprint density at radius 3 is 2.48 bits per heavy atom. The molecule has 3 rings (SSSR count). The number of hydrogen-bond acceptors (Lipinski definition) is 5. The average molecular weight is 367 g/mol. The van der Waals surface area contributed by atoms with Crippen LogP contribution in [0.2, 0.25) is 0 Å². The Labute approximate surface area is 157 Å². The van der Waals surface area contributed by atoms with E-state index in [1.54, 1.807) is 37.4 Å². The summed E-state index contributed by atoms with van der Waals surface area (Å²) in [6, 6.07) is 14.0. The first kappa shape index (κ1) is 18.5. The van der Waals surface area contributed by atoms with Crippen molar-refractivity contribution in [2.45, 2.75) is 19.4 Å². The lowest BCUT2D eigenvalue weighted by atomic mass is 10.0. The number of carbonyl (C=O) groups is 2. The molecule has 0 saturated carbocycles. The van der Waals surface area contributed by atoms with Crippen LogP contribution in [-0.2, 0) is 9.53 Å². The van der Waals surface area contributed by atoms with E-state index in [9.17, 15) is 9.59 Å². The minimum Gasteiger partial charge on any atom is -0.497 e. The van der Waals surface area contributed by atoms with Crippen molar-refractivity contribution in [2.24, 2.45) is 0 Å². The van der Waals surface area contributed by atoms with Gasteiger partial charge >= 0.3 is 5.97 Å². The van der Waals surface area contributed by atoms with Crippen LogP contribution in [0, 0.1) is 6.92 Å². The van der Waals surface area contributed by atoms with Crippen LogP contribution >= 0.6 is 0 Å². The third-order valence-electron chi connectivity index (χ3n) is 4.32. The number of ether oxygens (including phenoxy) is 2. The Kier molecular flexibility index (Phi) is 5.45. The van der Waals surface area contributed by atoms with E-state index in [0.29, 0.717) is 11.3 Å². The van der Waals surface area contributed by atoms with Gasteiger partial charge in [-0.25, -0.2) is 0 Å². The maximum atomic E-state index is 12.7. The van der Waals surface area contributed by atoms with Crippen molar-refractivity contribution in [1.82, 2.24) is 5.32 Å². The highest BCUT2D eigenvalue weighted by Crippen LogP contribution is 2.24. The van der Waals surface area contributed by atoms with Crippen LogP contribution < -0.4 is 10.1 Å².